The van der Waals surface area contributed by atoms with Gasteiger partial charge in [-0.25, -0.2) is 4.98 Å². The monoisotopic (exact) mass is 278 g/mol. The quantitative estimate of drug-likeness (QED) is 0.740. The molecule has 4 nitrogen and oxygen atoms in total. The zero-order valence-corrected chi connectivity index (χ0v) is 10.7. The zero-order chi connectivity index (χ0) is 14.1. The SMILES string of the molecule is COc1ncccc1CNCCCOCC(F)(F)F. The number of alkyl halides is 3. The summed E-state index contributed by atoms with van der Waals surface area (Å²) in [5.74, 6) is 0.545. The minimum Gasteiger partial charge on any atom is -0.481 e. The molecule has 7 heteroatoms. The summed E-state index contributed by atoms with van der Waals surface area (Å²) in [6, 6.07) is 3.67. The number of aromatic nitrogens is 1. The lowest BCUT2D eigenvalue weighted by Gasteiger charge is -2.09. The molecule has 1 aromatic rings. The van der Waals surface area contributed by atoms with Crippen LogP contribution < -0.4 is 10.1 Å². The van der Waals surface area contributed by atoms with Crippen LogP contribution in [0.5, 0.6) is 5.88 Å². The maximum absolute atomic E-state index is 11.8. The van der Waals surface area contributed by atoms with E-state index in [0.717, 1.165) is 5.56 Å². The van der Waals surface area contributed by atoms with Gasteiger partial charge in [-0.3, -0.25) is 0 Å². The highest BCUT2D eigenvalue weighted by Gasteiger charge is 2.27. The lowest BCUT2D eigenvalue weighted by molar-refractivity contribution is -0.173. The minimum absolute atomic E-state index is 0.0800. The van der Waals surface area contributed by atoms with Gasteiger partial charge in [0, 0.05) is 24.9 Å². The number of hydrogen-bond donors (Lipinski definition) is 1. The van der Waals surface area contributed by atoms with Crippen LogP contribution in [0.3, 0.4) is 0 Å². The van der Waals surface area contributed by atoms with Crippen LogP contribution in [0, 0.1) is 0 Å². The fourth-order valence-corrected chi connectivity index (χ4v) is 1.45. The van der Waals surface area contributed by atoms with Crippen molar-refractivity contribution in [3.05, 3.63) is 23.9 Å². The second kappa shape index (κ2) is 7.96. The molecule has 0 aliphatic rings. The number of methoxy groups -OCH3 is 1. The van der Waals surface area contributed by atoms with Crippen LogP contribution in [0.4, 0.5) is 13.2 Å². The van der Waals surface area contributed by atoms with Crippen molar-refractivity contribution in [2.45, 2.75) is 19.1 Å². The summed E-state index contributed by atoms with van der Waals surface area (Å²) < 4.78 is 44.9. The molecule has 108 valence electrons. The Balaban J connectivity index is 2.11. The van der Waals surface area contributed by atoms with Crippen molar-refractivity contribution in [2.24, 2.45) is 0 Å². The highest BCUT2D eigenvalue weighted by Crippen LogP contribution is 2.14. The molecule has 19 heavy (non-hydrogen) atoms. The number of halogens is 3. The summed E-state index contributed by atoms with van der Waals surface area (Å²) in [6.07, 6.45) is -2.11. The molecule has 1 rings (SSSR count). The van der Waals surface area contributed by atoms with Gasteiger partial charge in [-0.05, 0) is 19.0 Å². The molecule has 0 radical (unpaired) electrons. The average Bonchev–Trinajstić information content (AvgIpc) is 2.37. The van der Waals surface area contributed by atoms with Crippen molar-refractivity contribution in [3.63, 3.8) is 0 Å². The summed E-state index contributed by atoms with van der Waals surface area (Å²) in [4.78, 5) is 4.04. The number of hydrogen-bond acceptors (Lipinski definition) is 4. The molecule has 0 saturated heterocycles. The maximum atomic E-state index is 11.8. The maximum Gasteiger partial charge on any atom is 0.411 e. The van der Waals surface area contributed by atoms with E-state index in [1.54, 1.807) is 12.3 Å². The highest BCUT2D eigenvalue weighted by atomic mass is 19.4. The Morgan fingerprint density at radius 2 is 2.16 bits per heavy atom. The molecule has 0 saturated carbocycles. The number of nitrogens with one attached hydrogen (secondary N) is 1. The Morgan fingerprint density at radius 1 is 1.37 bits per heavy atom. The van der Waals surface area contributed by atoms with Gasteiger partial charge < -0.3 is 14.8 Å². The van der Waals surface area contributed by atoms with Crippen molar-refractivity contribution in [3.8, 4) is 5.88 Å². The van der Waals surface area contributed by atoms with Gasteiger partial charge in [0.2, 0.25) is 5.88 Å². The number of pyridine rings is 1. The Morgan fingerprint density at radius 3 is 2.84 bits per heavy atom. The van der Waals surface area contributed by atoms with Gasteiger partial charge in [-0.1, -0.05) is 6.07 Å². The molecule has 1 aromatic heterocycles. The first-order valence-electron chi connectivity index (χ1n) is 5.86. The second-order valence-electron chi connectivity index (χ2n) is 3.87. The van der Waals surface area contributed by atoms with E-state index in [1.165, 1.54) is 7.11 Å². The van der Waals surface area contributed by atoms with Crippen LogP contribution in [-0.2, 0) is 11.3 Å². The van der Waals surface area contributed by atoms with Crippen LogP contribution in [0.15, 0.2) is 18.3 Å². The molecule has 1 N–H and O–H groups in total. The van der Waals surface area contributed by atoms with Crippen LogP contribution in [-0.4, -0.2) is 38.0 Å². The Kier molecular flexibility index (Phi) is 6.58. The van der Waals surface area contributed by atoms with Crippen molar-refractivity contribution >= 4 is 0 Å². The summed E-state index contributed by atoms with van der Waals surface area (Å²) in [5.41, 5.74) is 0.904. The van der Waals surface area contributed by atoms with Gasteiger partial charge in [0.1, 0.15) is 6.61 Å². The first kappa shape index (κ1) is 15.7. The highest BCUT2D eigenvalue weighted by molar-refractivity contribution is 5.24. The van der Waals surface area contributed by atoms with E-state index in [1.807, 2.05) is 6.07 Å². The van der Waals surface area contributed by atoms with Gasteiger partial charge in [0.25, 0.3) is 0 Å². The predicted molar refractivity (Wildman–Crippen MR) is 64.0 cm³/mol. The summed E-state index contributed by atoms with van der Waals surface area (Å²) in [7, 11) is 1.54. The molecular formula is C12H17F3N2O2. The van der Waals surface area contributed by atoms with E-state index in [9.17, 15) is 13.2 Å². The molecule has 0 amide bonds. The first-order valence-corrected chi connectivity index (χ1v) is 5.86. The zero-order valence-electron chi connectivity index (χ0n) is 10.7. The van der Waals surface area contributed by atoms with E-state index in [-0.39, 0.29) is 6.61 Å². The minimum atomic E-state index is -4.25. The van der Waals surface area contributed by atoms with Gasteiger partial charge in [0.05, 0.1) is 7.11 Å². The molecule has 0 fully saturated rings. The third-order valence-corrected chi connectivity index (χ3v) is 2.27. The van der Waals surface area contributed by atoms with Crippen molar-refractivity contribution in [1.82, 2.24) is 10.3 Å². The van der Waals surface area contributed by atoms with E-state index in [2.05, 4.69) is 15.0 Å². The average molecular weight is 278 g/mol. The fraction of sp³-hybridized carbons (Fsp3) is 0.583. The van der Waals surface area contributed by atoms with Gasteiger partial charge in [-0.15, -0.1) is 0 Å². The van der Waals surface area contributed by atoms with Crippen molar-refractivity contribution < 1.29 is 22.6 Å². The van der Waals surface area contributed by atoms with Crippen LogP contribution in [0.1, 0.15) is 12.0 Å². The second-order valence-corrected chi connectivity index (χ2v) is 3.87. The molecule has 0 aliphatic heterocycles. The number of rotatable bonds is 8. The van der Waals surface area contributed by atoms with Gasteiger partial charge in [-0.2, -0.15) is 13.2 Å². The molecule has 0 atom stereocenters. The number of ether oxygens (including phenoxy) is 2. The largest absolute Gasteiger partial charge is 0.481 e. The molecule has 0 bridgehead atoms. The molecular weight excluding hydrogens is 261 g/mol. The lowest BCUT2D eigenvalue weighted by atomic mass is 10.2. The Hall–Kier alpha value is -1.34. The number of nitrogens with zero attached hydrogens (tertiary/aromatic N) is 1. The fourth-order valence-electron chi connectivity index (χ4n) is 1.45. The van der Waals surface area contributed by atoms with Crippen LogP contribution >= 0.6 is 0 Å². The van der Waals surface area contributed by atoms with Crippen molar-refractivity contribution in [1.29, 1.82) is 0 Å². The van der Waals surface area contributed by atoms with E-state index < -0.39 is 12.8 Å². The van der Waals surface area contributed by atoms with Gasteiger partial charge >= 0.3 is 6.18 Å². The third-order valence-electron chi connectivity index (χ3n) is 2.27. The van der Waals surface area contributed by atoms with E-state index >= 15 is 0 Å². The smallest absolute Gasteiger partial charge is 0.411 e. The summed E-state index contributed by atoms with van der Waals surface area (Å²) in [5, 5.41) is 3.09. The molecule has 0 spiro atoms. The van der Waals surface area contributed by atoms with E-state index in [0.29, 0.717) is 25.4 Å². The summed E-state index contributed by atoms with van der Waals surface area (Å²) >= 11 is 0. The molecule has 0 aliphatic carbocycles. The Labute approximate surface area is 109 Å². The van der Waals surface area contributed by atoms with Gasteiger partial charge in [0.15, 0.2) is 0 Å². The first-order chi connectivity index (χ1) is 9.03. The topological polar surface area (TPSA) is 43.4 Å². The van der Waals surface area contributed by atoms with Crippen LogP contribution in [0.2, 0.25) is 0 Å². The standard InChI is InChI=1S/C12H17F3N2O2/c1-18-11-10(4-2-6-17-11)8-16-5-3-7-19-9-12(13,14)15/h2,4,6,16H,3,5,7-9H2,1H3. The molecule has 0 unspecified atom stereocenters. The third kappa shape index (κ3) is 6.97. The van der Waals surface area contributed by atoms with Crippen LogP contribution in [0.25, 0.3) is 0 Å². The van der Waals surface area contributed by atoms with E-state index in [4.69, 9.17) is 4.74 Å². The predicted octanol–water partition coefficient (Wildman–Crippen LogP) is 2.15. The van der Waals surface area contributed by atoms with Crippen molar-refractivity contribution in [2.75, 3.05) is 26.9 Å². The molecule has 1 heterocycles. The lowest BCUT2D eigenvalue weighted by Crippen LogP contribution is -2.20. The Bertz CT molecular complexity index is 372. The normalized spacial score (nSPS) is 11.6. The molecule has 0 aromatic carbocycles. The summed E-state index contributed by atoms with van der Waals surface area (Å²) in [6.45, 7) is 0.00625.